The summed E-state index contributed by atoms with van der Waals surface area (Å²) in [5.74, 6) is 1.68. The molecule has 1 heterocycles. The molecule has 1 aromatic heterocycles. The Morgan fingerprint density at radius 3 is 2.59 bits per heavy atom. The van der Waals surface area contributed by atoms with Crippen LogP contribution >= 0.6 is 24.0 Å². The van der Waals surface area contributed by atoms with Gasteiger partial charge in [0, 0.05) is 32.4 Å². The van der Waals surface area contributed by atoms with Crippen molar-refractivity contribution in [3.05, 3.63) is 47.3 Å². The van der Waals surface area contributed by atoms with Gasteiger partial charge in [-0.15, -0.1) is 24.0 Å². The van der Waals surface area contributed by atoms with Gasteiger partial charge in [0.25, 0.3) is 0 Å². The highest BCUT2D eigenvalue weighted by molar-refractivity contribution is 14.0. The lowest BCUT2D eigenvalue weighted by Gasteiger charge is -2.26. The molecular weight excluding hydrogens is 479 g/mol. The molecule has 0 spiro atoms. The van der Waals surface area contributed by atoms with Crippen molar-refractivity contribution in [1.29, 1.82) is 0 Å². The molecule has 8 heteroatoms. The van der Waals surface area contributed by atoms with E-state index in [1.54, 1.807) is 14.2 Å². The molecule has 2 aromatic rings. The van der Waals surface area contributed by atoms with Crippen LogP contribution in [0.4, 0.5) is 0 Å². The Bertz CT molecular complexity index is 774. The number of aromatic nitrogens is 2. The zero-order chi connectivity index (χ0) is 20.5. The van der Waals surface area contributed by atoms with Crippen molar-refractivity contribution in [1.82, 2.24) is 25.3 Å². The monoisotopic (exact) mass is 514 g/mol. The first-order chi connectivity index (χ1) is 13.4. The van der Waals surface area contributed by atoms with E-state index < -0.39 is 0 Å². The largest absolute Gasteiger partial charge is 0.497 e. The van der Waals surface area contributed by atoms with Crippen LogP contribution in [0.1, 0.15) is 29.4 Å². The number of hydrogen-bond acceptors (Lipinski definition) is 4. The van der Waals surface area contributed by atoms with E-state index in [0.717, 1.165) is 43.5 Å². The lowest BCUT2D eigenvalue weighted by atomic mass is 10.1. The second kappa shape index (κ2) is 12.7. The zero-order valence-electron chi connectivity index (χ0n) is 18.4. The maximum absolute atomic E-state index is 5.36. The molecule has 7 nitrogen and oxygen atoms in total. The number of guanidine groups is 1. The van der Waals surface area contributed by atoms with Crippen molar-refractivity contribution >= 4 is 29.9 Å². The standard InChI is InChI=1S/C21H34N6O.HI/c1-16-13-17(2)27(25-16)12-8-11-23-21(22-3)24-15-20(26(4)5)18-9-7-10-19(14-18)28-6;/h7,9-10,13-14,20H,8,11-12,15H2,1-6H3,(H2,22,23,24);1H. The normalized spacial score (nSPS) is 12.4. The molecule has 0 radical (unpaired) electrons. The molecule has 2 N–H and O–H groups in total. The Labute approximate surface area is 191 Å². The Balaban J connectivity index is 0.00000420. The van der Waals surface area contributed by atoms with E-state index >= 15 is 0 Å². The van der Waals surface area contributed by atoms with E-state index in [0.29, 0.717) is 0 Å². The van der Waals surface area contributed by atoms with Crippen molar-refractivity contribution in [2.24, 2.45) is 4.99 Å². The van der Waals surface area contributed by atoms with Crippen molar-refractivity contribution in [3.63, 3.8) is 0 Å². The fourth-order valence-corrected chi connectivity index (χ4v) is 3.20. The summed E-state index contributed by atoms with van der Waals surface area (Å²) in [4.78, 5) is 6.53. The van der Waals surface area contributed by atoms with E-state index in [2.05, 4.69) is 69.5 Å². The van der Waals surface area contributed by atoms with Gasteiger partial charge in [0.15, 0.2) is 5.96 Å². The zero-order valence-corrected chi connectivity index (χ0v) is 20.7. The Morgan fingerprint density at radius 1 is 1.24 bits per heavy atom. The van der Waals surface area contributed by atoms with Gasteiger partial charge in [-0.2, -0.15) is 5.10 Å². The van der Waals surface area contributed by atoms with Gasteiger partial charge >= 0.3 is 0 Å². The maximum Gasteiger partial charge on any atom is 0.191 e. The van der Waals surface area contributed by atoms with Crippen LogP contribution in [0.2, 0.25) is 0 Å². The minimum absolute atomic E-state index is 0. The summed E-state index contributed by atoms with van der Waals surface area (Å²) in [6, 6.07) is 10.5. The van der Waals surface area contributed by atoms with Gasteiger partial charge in [-0.3, -0.25) is 9.67 Å². The molecule has 0 amide bonds. The highest BCUT2D eigenvalue weighted by Crippen LogP contribution is 2.22. The van der Waals surface area contributed by atoms with Gasteiger partial charge in [-0.1, -0.05) is 12.1 Å². The number of aliphatic imine (C=N–C) groups is 1. The SMILES string of the molecule is CN=C(NCCCn1nc(C)cc1C)NCC(c1cccc(OC)c1)N(C)C.I. The highest BCUT2D eigenvalue weighted by Gasteiger charge is 2.15. The van der Waals surface area contributed by atoms with Crippen LogP contribution in [-0.4, -0.2) is 62.0 Å². The predicted octanol–water partition coefficient (Wildman–Crippen LogP) is 2.98. The molecule has 0 aliphatic heterocycles. The second-order valence-corrected chi connectivity index (χ2v) is 7.14. The molecule has 1 unspecified atom stereocenters. The number of halogens is 1. The number of methoxy groups -OCH3 is 1. The van der Waals surface area contributed by atoms with E-state index in [4.69, 9.17) is 4.74 Å². The molecule has 0 bridgehead atoms. The number of nitrogens with zero attached hydrogens (tertiary/aromatic N) is 4. The van der Waals surface area contributed by atoms with Gasteiger partial charge in [0.05, 0.1) is 18.8 Å². The van der Waals surface area contributed by atoms with Gasteiger partial charge < -0.3 is 20.3 Å². The van der Waals surface area contributed by atoms with Gasteiger partial charge in [0.2, 0.25) is 0 Å². The Kier molecular flexibility index (Phi) is 11.0. The van der Waals surface area contributed by atoms with Crippen molar-refractivity contribution in [2.75, 3.05) is 41.3 Å². The summed E-state index contributed by atoms with van der Waals surface area (Å²) in [7, 11) is 7.65. The van der Waals surface area contributed by atoms with Crippen molar-refractivity contribution in [3.8, 4) is 5.75 Å². The van der Waals surface area contributed by atoms with Gasteiger partial charge in [-0.25, -0.2) is 0 Å². The minimum Gasteiger partial charge on any atom is -0.497 e. The number of likely N-dealkylation sites (N-methyl/N-ethyl adjacent to an activating group) is 1. The Hall–Kier alpha value is -1.81. The summed E-state index contributed by atoms with van der Waals surface area (Å²) < 4.78 is 7.41. The lowest BCUT2D eigenvalue weighted by molar-refractivity contribution is 0.297. The topological polar surface area (TPSA) is 66.7 Å². The van der Waals surface area contributed by atoms with Crippen LogP contribution in [-0.2, 0) is 6.54 Å². The van der Waals surface area contributed by atoms with Crippen molar-refractivity contribution in [2.45, 2.75) is 32.9 Å². The predicted molar refractivity (Wildman–Crippen MR) is 131 cm³/mol. The molecule has 1 aromatic carbocycles. The minimum atomic E-state index is 0. The third-order valence-electron chi connectivity index (χ3n) is 4.73. The molecule has 2 rings (SSSR count). The van der Waals surface area contributed by atoms with Crippen LogP contribution in [0.5, 0.6) is 5.75 Å². The first kappa shape index (κ1) is 25.2. The Morgan fingerprint density at radius 2 is 2.00 bits per heavy atom. The lowest BCUT2D eigenvalue weighted by Crippen LogP contribution is -2.42. The molecule has 0 aliphatic carbocycles. The smallest absolute Gasteiger partial charge is 0.191 e. The van der Waals surface area contributed by atoms with E-state index in [1.807, 2.05) is 19.1 Å². The maximum atomic E-state index is 5.36. The number of ether oxygens (including phenoxy) is 1. The first-order valence-corrected chi connectivity index (χ1v) is 9.70. The third-order valence-corrected chi connectivity index (χ3v) is 4.73. The molecule has 1 atom stereocenters. The molecular formula is C21H35IN6O. The van der Waals surface area contributed by atoms with Gasteiger partial charge in [-0.05, 0) is 58.1 Å². The van der Waals surface area contributed by atoms with E-state index in [9.17, 15) is 0 Å². The van der Waals surface area contributed by atoms with Crippen LogP contribution in [0.3, 0.4) is 0 Å². The van der Waals surface area contributed by atoms with Crippen LogP contribution in [0, 0.1) is 13.8 Å². The van der Waals surface area contributed by atoms with Crippen LogP contribution < -0.4 is 15.4 Å². The summed E-state index contributed by atoms with van der Waals surface area (Å²) >= 11 is 0. The molecule has 0 saturated heterocycles. The molecule has 0 fully saturated rings. The number of hydrogen-bond donors (Lipinski definition) is 2. The fraction of sp³-hybridized carbons (Fsp3) is 0.524. The summed E-state index contributed by atoms with van der Waals surface area (Å²) in [5, 5.41) is 11.3. The van der Waals surface area contributed by atoms with Crippen molar-refractivity contribution < 1.29 is 4.74 Å². The fourth-order valence-electron chi connectivity index (χ4n) is 3.20. The summed E-state index contributed by atoms with van der Waals surface area (Å²) in [6.45, 7) is 6.60. The number of benzene rings is 1. The molecule has 0 saturated carbocycles. The van der Waals surface area contributed by atoms with Crippen LogP contribution in [0.15, 0.2) is 35.3 Å². The van der Waals surface area contributed by atoms with E-state index in [1.165, 1.54) is 11.3 Å². The second-order valence-electron chi connectivity index (χ2n) is 7.14. The number of rotatable bonds is 9. The quantitative estimate of drug-likeness (QED) is 0.233. The molecule has 162 valence electrons. The number of nitrogens with one attached hydrogen (secondary N) is 2. The first-order valence-electron chi connectivity index (χ1n) is 9.70. The summed E-state index contributed by atoms with van der Waals surface area (Å²) in [5.41, 5.74) is 3.47. The average molecular weight is 514 g/mol. The summed E-state index contributed by atoms with van der Waals surface area (Å²) in [6.07, 6.45) is 0.982. The third kappa shape index (κ3) is 7.85. The van der Waals surface area contributed by atoms with E-state index in [-0.39, 0.29) is 30.0 Å². The average Bonchev–Trinajstić information content (AvgIpc) is 3.00. The number of aryl methyl sites for hydroxylation is 3. The molecule has 0 aliphatic rings. The van der Waals surface area contributed by atoms with Crippen LogP contribution in [0.25, 0.3) is 0 Å². The highest BCUT2D eigenvalue weighted by atomic mass is 127. The van der Waals surface area contributed by atoms with Gasteiger partial charge in [0.1, 0.15) is 5.75 Å². The molecule has 29 heavy (non-hydrogen) atoms.